The van der Waals surface area contributed by atoms with Crippen LogP contribution in [0.4, 0.5) is 11.4 Å². The smallest absolute Gasteiger partial charge is 0.256 e. The predicted octanol–water partition coefficient (Wildman–Crippen LogP) is 3.35. The first-order chi connectivity index (χ1) is 18.0. The van der Waals surface area contributed by atoms with E-state index in [0.717, 1.165) is 30.5 Å². The fraction of sp³-hybridized carbons (Fsp3) is 0.483. The van der Waals surface area contributed by atoms with Crippen molar-refractivity contribution >= 4 is 29.1 Å². The molecule has 196 valence electrons. The van der Waals surface area contributed by atoms with E-state index in [-0.39, 0.29) is 29.6 Å². The van der Waals surface area contributed by atoms with Gasteiger partial charge in [-0.15, -0.1) is 0 Å². The van der Waals surface area contributed by atoms with E-state index in [1.807, 2.05) is 58.3 Å². The van der Waals surface area contributed by atoms with E-state index in [2.05, 4.69) is 17.1 Å². The number of carbonyl (C=O) groups excluding carboxylic acids is 3. The van der Waals surface area contributed by atoms with Crippen LogP contribution in [0.15, 0.2) is 48.5 Å². The van der Waals surface area contributed by atoms with Crippen LogP contribution in [0.25, 0.3) is 0 Å². The second-order valence-corrected chi connectivity index (χ2v) is 10.1. The lowest BCUT2D eigenvalue weighted by Gasteiger charge is -2.38. The summed E-state index contributed by atoms with van der Waals surface area (Å²) in [6.07, 6.45) is 2.61. The Morgan fingerprint density at radius 3 is 2.27 bits per heavy atom. The van der Waals surface area contributed by atoms with Gasteiger partial charge in [0.05, 0.1) is 24.7 Å². The summed E-state index contributed by atoms with van der Waals surface area (Å²) in [7, 11) is 0. The molecule has 5 rings (SSSR count). The van der Waals surface area contributed by atoms with Gasteiger partial charge >= 0.3 is 0 Å². The molecule has 2 aromatic carbocycles. The molecule has 0 spiro atoms. The summed E-state index contributed by atoms with van der Waals surface area (Å²) in [6.45, 7) is 6.72. The van der Waals surface area contributed by atoms with Crippen LogP contribution in [0.2, 0.25) is 0 Å². The molecule has 2 saturated heterocycles. The Hall–Kier alpha value is -3.39. The highest BCUT2D eigenvalue weighted by molar-refractivity contribution is 6.02. The first kappa shape index (κ1) is 25.3. The van der Waals surface area contributed by atoms with E-state index >= 15 is 0 Å². The quantitative estimate of drug-likeness (QED) is 0.626. The molecular formula is C29H36N4O4. The predicted molar refractivity (Wildman–Crippen MR) is 143 cm³/mol. The third-order valence-electron chi connectivity index (χ3n) is 7.58. The van der Waals surface area contributed by atoms with Crippen LogP contribution in [0.5, 0.6) is 0 Å². The molecule has 1 N–H and O–H groups in total. The van der Waals surface area contributed by atoms with Crippen molar-refractivity contribution < 1.29 is 19.1 Å². The zero-order valence-corrected chi connectivity index (χ0v) is 21.5. The summed E-state index contributed by atoms with van der Waals surface area (Å²) in [5.41, 5.74) is 3.15. The number of amides is 3. The second kappa shape index (κ2) is 11.3. The molecule has 0 bridgehead atoms. The molecule has 3 aliphatic rings. The van der Waals surface area contributed by atoms with E-state index < -0.39 is 0 Å². The van der Waals surface area contributed by atoms with Crippen LogP contribution in [0.1, 0.15) is 48.0 Å². The van der Waals surface area contributed by atoms with E-state index in [0.29, 0.717) is 63.7 Å². The molecule has 8 nitrogen and oxygen atoms in total. The molecule has 37 heavy (non-hydrogen) atoms. The average Bonchev–Trinajstić information content (AvgIpc) is 3.80. The van der Waals surface area contributed by atoms with Crippen molar-refractivity contribution in [3.05, 3.63) is 59.7 Å². The summed E-state index contributed by atoms with van der Waals surface area (Å²) in [5.74, 6) is 0.0891. The largest absolute Gasteiger partial charge is 0.378 e. The van der Waals surface area contributed by atoms with Crippen molar-refractivity contribution in [2.75, 3.05) is 62.7 Å². The summed E-state index contributed by atoms with van der Waals surface area (Å²) in [4.78, 5) is 45.2. The molecular weight excluding hydrogens is 468 g/mol. The average molecular weight is 505 g/mol. The molecule has 3 amide bonds. The van der Waals surface area contributed by atoms with E-state index in [4.69, 9.17) is 4.74 Å². The lowest BCUT2D eigenvalue weighted by Crippen LogP contribution is -2.50. The van der Waals surface area contributed by atoms with Crippen molar-refractivity contribution in [1.29, 1.82) is 0 Å². The van der Waals surface area contributed by atoms with Crippen molar-refractivity contribution in [3.8, 4) is 0 Å². The van der Waals surface area contributed by atoms with Gasteiger partial charge in [0.25, 0.3) is 5.91 Å². The van der Waals surface area contributed by atoms with Crippen molar-refractivity contribution in [1.82, 2.24) is 9.80 Å². The molecule has 8 heteroatoms. The van der Waals surface area contributed by atoms with Gasteiger partial charge in [0.2, 0.25) is 11.8 Å². The second-order valence-electron chi connectivity index (χ2n) is 10.1. The lowest BCUT2D eigenvalue weighted by molar-refractivity contribution is -0.133. The number of hydrogen-bond acceptors (Lipinski definition) is 5. The summed E-state index contributed by atoms with van der Waals surface area (Å²) in [6, 6.07) is 15.6. The van der Waals surface area contributed by atoms with Crippen molar-refractivity contribution in [2.24, 2.45) is 5.92 Å². The Kier molecular flexibility index (Phi) is 7.74. The number of nitrogens with one attached hydrogen (secondary N) is 1. The summed E-state index contributed by atoms with van der Waals surface area (Å²) < 4.78 is 5.44. The monoisotopic (exact) mass is 504 g/mol. The van der Waals surface area contributed by atoms with Gasteiger partial charge in [0.15, 0.2) is 0 Å². The maximum Gasteiger partial charge on any atom is 0.256 e. The van der Waals surface area contributed by atoms with Crippen molar-refractivity contribution in [2.45, 2.75) is 32.1 Å². The van der Waals surface area contributed by atoms with Crippen molar-refractivity contribution in [3.63, 3.8) is 0 Å². The van der Waals surface area contributed by atoms with E-state index in [1.54, 1.807) is 0 Å². The summed E-state index contributed by atoms with van der Waals surface area (Å²) >= 11 is 0. The molecule has 1 atom stereocenters. The molecule has 1 unspecified atom stereocenters. The van der Waals surface area contributed by atoms with Crippen LogP contribution in [0.3, 0.4) is 0 Å². The number of carbonyl (C=O) groups is 3. The van der Waals surface area contributed by atoms with Gasteiger partial charge in [-0.3, -0.25) is 14.4 Å². The molecule has 3 fully saturated rings. The molecule has 0 aromatic heterocycles. The van der Waals surface area contributed by atoms with Gasteiger partial charge in [-0.1, -0.05) is 37.3 Å². The highest BCUT2D eigenvalue weighted by Gasteiger charge is 2.32. The number of ether oxygens (including phenoxy) is 1. The first-order valence-corrected chi connectivity index (χ1v) is 13.5. The third kappa shape index (κ3) is 5.80. The maximum atomic E-state index is 13.6. The van der Waals surface area contributed by atoms with Crippen LogP contribution in [-0.4, -0.2) is 80.0 Å². The number of piperazine rings is 1. The zero-order chi connectivity index (χ0) is 25.8. The number of morpholine rings is 1. The zero-order valence-electron chi connectivity index (χ0n) is 21.5. The minimum Gasteiger partial charge on any atom is -0.378 e. The Labute approximate surface area is 218 Å². The van der Waals surface area contributed by atoms with Gasteiger partial charge < -0.3 is 24.8 Å². The van der Waals surface area contributed by atoms with Gasteiger partial charge in [-0.2, -0.15) is 0 Å². The number of rotatable bonds is 7. The molecule has 2 aromatic rings. The Balaban J connectivity index is 1.32. The van der Waals surface area contributed by atoms with E-state index in [9.17, 15) is 14.4 Å². The highest BCUT2D eigenvalue weighted by atomic mass is 16.5. The fourth-order valence-electron chi connectivity index (χ4n) is 5.21. The van der Waals surface area contributed by atoms with E-state index in [1.165, 1.54) is 0 Å². The standard InChI is InChI=1S/C29H36N4O4/c1-2-24(21-6-4-3-5-7-21)28(35)32-14-12-31(13-15-32)26-11-10-23(30-27(34)22-8-9-22)20-25(26)29(36)33-16-18-37-19-17-33/h3-7,10-11,20,22,24H,2,8-9,12-19H2,1H3,(H,30,34). The highest BCUT2D eigenvalue weighted by Crippen LogP contribution is 2.32. The van der Waals surface area contributed by atoms with Crippen LogP contribution in [-0.2, 0) is 14.3 Å². The molecule has 1 saturated carbocycles. The number of benzene rings is 2. The van der Waals surface area contributed by atoms with Gasteiger partial charge in [-0.05, 0) is 43.0 Å². The number of nitrogens with zero attached hydrogens (tertiary/aromatic N) is 3. The van der Waals surface area contributed by atoms with Gasteiger partial charge in [0, 0.05) is 56.6 Å². The number of hydrogen-bond donors (Lipinski definition) is 1. The minimum absolute atomic E-state index is 0.0218. The van der Waals surface area contributed by atoms with Gasteiger partial charge in [-0.25, -0.2) is 0 Å². The van der Waals surface area contributed by atoms with Crippen LogP contribution in [0, 0.1) is 5.92 Å². The molecule has 2 heterocycles. The Morgan fingerprint density at radius 1 is 0.919 bits per heavy atom. The normalized spacial score (nSPS) is 18.9. The Morgan fingerprint density at radius 2 is 1.62 bits per heavy atom. The van der Waals surface area contributed by atoms with Crippen LogP contribution < -0.4 is 10.2 Å². The molecule has 2 aliphatic heterocycles. The lowest BCUT2D eigenvalue weighted by atomic mass is 9.94. The molecule has 1 aliphatic carbocycles. The Bertz CT molecular complexity index is 1120. The van der Waals surface area contributed by atoms with Crippen LogP contribution >= 0.6 is 0 Å². The fourth-order valence-corrected chi connectivity index (χ4v) is 5.21. The SMILES string of the molecule is CCC(C(=O)N1CCN(c2ccc(NC(=O)C3CC3)cc2C(=O)N2CCOCC2)CC1)c1ccccc1. The first-order valence-electron chi connectivity index (χ1n) is 13.5. The minimum atomic E-state index is -0.138. The topological polar surface area (TPSA) is 82.2 Å². The maximum absolute atomic E-state index is 13.6. The molecule has 0 radical (unpaired) electrons. The van der Waals surface area contributed by atoms with Gasteiger partial charge in [0.1, 0.15) is 0 Å². The number of anilines is 2. The summed E-state index contributed by atoms with van der Waals surface area (Å²) in [5, 5.41) is 2.98. The third-order valence-corrected chi connectivity index (χ3v) is 7.58.